The Morgan fingerprint density at radius 2 is 2.04 bits per heavy atom. The van der Waals surface area contributed by atoms with E-state index < -0.39 is 5.97 Å². The number of nitrogens with zero attached hydrogens (tertiary/aromatic N) is 2. The van der Waals surface area contributed by atoms with E-state index in [0.717, 1.165) is 42.9 Å². The summed E-state index contributed by atoms with van der Waals surface area (Å²) in [6.45, 7) is 3.66. The first-order chi connectivity index (χ1) is 12.4. The number of hydrogen-bond acceptors (Lipinski definition) is 5. The van der Waals surface area contributed by atoms with E-state index in [9.17, 15) is 9.59 Å². The molecule has 0 radical (unpaired) electrons. The molecule has 1 aliphatic rings. The highest BCUT2D eigenvalue weighted by Crippen LogP contribution is 2.25. The molecule has 1 heterocycles. The number of hydrogen-bond donors (Lipinski definition) is 2. The second-order valence-corrected chi connectivity index (χ2v) is 7.64. The maximum absolute atomic E-state index is 12.7. The zero-order valence-corrected chi connectivity index (χ0v) is 17.8. The lowest BCUT2D eigenvalue weighted by molar-refractivity contribution is -0.138. The molecule has 2 N–H and O–H groups in total. The highest BCUT2D eigenvalue weighted by Gasteiger charge is 2.27. The Morgan fingerprint density at radius 3 is 2.70 bits per heavy atom. The minimum Gasteiger partial charge on any atom is -0.480 e. The van der Waals surface area contributed by atoms with Crippen LogP contribution in [-0.2, 0) is 9.59 Å². The van der Waals surface area contributed by atoms with Gasteiger partial charge in [0, 0.05) is 17.5 Å². The third kappa shape index (κ3) is 6.99. The van der Waals surface area contributed by atoms with Gasteiger partial charge in [0.2, 0.25) is 5.91 Å². The fourth-order valence-electron chi connectivity index (χ4n) is 3.42. The van der Waals surface area contributed by atoms with Crippen LogP contribution in [0.25, 0.3) is 0 Å². The molecule has 2 rings (SSSR count). The van der Waals surface area contributed by atoms with Gasteiger partial charge in [0.25, 0.3) is 0 Å². The van der Waals surface area contributed by atoms with Crippen molar-refractivity contribution in [2.24, 2.45) is 0 Å². The Labute approximate surface area is 172 Å². The molecular weight excluding hydrogens is 386 g/mol. The van der Waals surface area contributed by atoms with Crippen molar-refractivity contribution in [1.82, 2.24) is 9.80 Å². The van der Waals surface area contributed by atoms with Crippen LogP contribution >= 0.6 is 24.2 Å². The van der Waals surface area contributed by atoms with Gasteiger partial charge in [-0.15, -0.1) is 24.2 Å². The van der Waals surface area contributed by atoms with Crippen LogP contribution in [-0.4, -0.2) is 71.8 Å². The number of benzene rings is 1. The Balaban J connectivity index is 0.00000364. The van der Waals surface area contributed by atoms with Gasteiger partial charge in [0.15, 0.2) is 0 Å². The van der Waals surface area contributed by atoms with Crippen LogP contribution < -0.4 is 5.32 Å². The number of carbonyl (C=O) groups is 2. The summed E-state index contributed by atoms with van der Waals surface area (Å²) in [6.07, 6.45) is 4.80. The number of para-hydroxylation sites is 1. The summed E-state index contributed by atoms with van der Waals surface area (Å²) in [7, 11) is 1.87. The van der Waals surface area contributed by atoms with E-state index in [1.165, 1.54) is 0 Å². The van der Waals surface area contributed by atoms with Crippen LogP contribution in [0.3, 0.4) is 0 Å². The van der Waals surface area contributed by atoms with E-state index in [2.05, 4.69) is 10.2 Å². The minimum absolute atomic E-state index is 0. The van der Waals surface area contributed by atoms with Crippen LogP contribution in [0.4, 0.5) is 5.69 Å². The molecule has 152 valence electrons. The van der Waals surface area contributed by atoms with E-state index in [4.69, 9.17) is 5.11 Å². The maximum Gasteiger partial charge on any atom is 0.317 e. The van der Waals surface area contributed by atoms with Crippen molar-refractivity contribution in [3.63, 3.8) is 0 Å². The third-order valence-corrected chi connectivity index (χ3v) is 5.83. The van der Waals surface area contributed by atoms with Gasteiger partial charge < -0.3 is 10.4 Å². The average molecular weight is 416 g/mol. The van der Waals surface area contributed by atoms with Crippen molar-refractivity contribution < 1.29 is 14.7 Å². The monoisotopic (exact) mass is 415 g/mol. The van der Waals surface area contributed by atoms with Crippen LogP contribution in [0.1, 0.15) is 26.2 Å². The zero-order valence-electron chi connectivity index (χ0n) is 16.2. The van der Waals surface area contributed by atoms with Crippen molar-refractivity contribution in [3.05, 3.63) is 24.3 Å². The summed E-state index contributed by atoms with van der Waals surface area (Å²) in [5, 5.41) is 12.0. The predicted octanol–water partition coefficient (Wildman–Crippen LogP) is 3.03. The largest absolute Gasteiger partial charge is 0.480 e. The lowest BCUT2D eigenvalue weighted by Gasteiger charge is -2.28. The number of rotatable bonds is 7. The van der Waals surface area contributed by atoms with Crippen molar-refractivity contribution in [2.45, 2.75) is 43.2 Å². The molecule has 27 heavy (non-hydrogen) atoms. The Morgan fingerprint density at radius 1 is 1.33 bits per heavy atom. The number of anilines is 1. The topological polar surface area (TPSA) is 72.9 Å². The van der Waals surface area contributed by atoms with E-state index in [-0.39, 0.29) is 36.9 Å². The molecule has 1 saturated heterocycles. The molecule has 1 aromatic carbocycles. The fraction of sp³-hybridized carbons (Fsp3) is 0.579. The number of carboxylic acid groups (broad SMARTS) is 1. The van der Waals surface area contributed by atoms with Gasteiger partial charge >= 0.3 is 5.97 Å². The maximum atomic E-state index is 12.7. The number of thioether (sulfide) groups is 1. The van der Waals surface area contributed by atoms with Crippen molar-refractivity contribution >= 4 is 41.7 Å². The first kappa shape index (κ1) is 23.8. The van der Waals surface area contributed by atoms with Crippen molar-refractivity contribution in [3.8, 4) is 0 Å². The number of aliphatic carboxylic acids is 1. The van der Waals surface area contributed by atoms with Crippen LogP contribution in [0.15, 0.2) is 29.2 Å². The zero-order chi connectivity index (χ0) is 19.1. The highest BCUT2D eigenvalue weighted by molar-refractivity contribution is 7.98. The second-order valence-electron chi connectivity index (χ2n) is 6.80. The minimum atomic E-state index is -0.797. The first-order valence-corrected chi connectivity index (χ1v) is 10.2. The van der Waals surface area contributed by atoms with Gasteiger partial charge in [0.1, 0.15) is 0 Å². The number of likely N-dealkylation sites (tertiary alicyclic amines) is 1. The van der Waals surface area contributed by atoms with Gasteiger partial charge in [-0.1, -0.05) is 12.1 Å². The number of amides is 1. The molecule has 2 unspecified atom stereocenters. The highest BCUT2D eigenvalue weighted by atomic mass is 35.5. The predicted molar refractivity (Wildman–Crippen MR) is 113 cm³/mol. The lowest BCUT2D eigenvalue weighted by Crippen LogP contribution is -2.43. The molecule has 1 amide bonds. The molecule has 8 heteroatoms. The standard InChI is InChI=1S/C19H29N3O3S.ClH/c1-14(19(25)20-16-8-4-5-9-17(16)26-3)22-11-6-7-15(10-12-22)21(2)13-18(23)24;/h4-5,8-9,14-15H,6-7,10-13H2,1-3H3,(H,20,25)(H,23,24);1H. The van der Waals surface area contributed by atoms with Crippen molar-refractivity contribution in [1.29, 1.82) is 0 Å². The van der Waals surface area contributed by atoms with Gasteiger partial charge in [-0.05, 0) is 58.2 Å². The van der Waals surface area contributed by atoms with E-state index in [1.54, 1.807) is 11.8 Å². The quantitative estimate of drug-likeness (QED) is 0.667. The van der Waals surface area contributed by atoms with Crippen LogP contribution in [0.2, 0.25) is 0 Å². The Kier molecular flexibility index (Phi) is 10.2. The number of likely N-dealkylation sites (N-methyl/N-ethyl adjacent to an activating group) is 1. The Hall–Kier alpha value is -1.28. The van der Waals surface area contributed by atoms with E-state index in [0.29, 0.717) is 0 Å². The molecular formula is C19H30ClN3O3S. The second kappa shape index (κ2) is 11.5. The molecule has 1 aliphatic heterocycles. The number of nitrogens with one attached hydrogen (secondary N) is 1. The van der Waals surface area contributed by atoms with Gasteiger partial charge in [-0.25, -0.2) is 0 Å². The molecule has 0 saturated carbocycles. The fourth-order valence-corrected chi connectivity index (χ4v) is 3.98. The molecule has 2 atom stereocenters. The first-order valence-electron chi connectivity index (χ1n) is 9.02. The van der Waals surface area contributed by atoms with Gasteiger partial charge in [-0.3, -0.25) is 19.4 Å². The van der Waals surface area contributed by atoms with E-state index in [1.807, 2.05) is 49.4 Å². The van der Waals surface area contributed by atoms with Crippen LogP contribution in [0, 0.1) is 0 Å². The average Bonchev–Trinajstić information content (AvgIpc) is 2.87. The molecule has 0 aliphatic carbocycles. The lowest BCUT2D eigenvalue weighted by atomic mass is 10.1. The number of carbonyl (C=O) groups excluding carboxylic acids is 1. The van der Waals surface area contributed by atoms with E-state index >= 15 is 0 Å². The van der Waals surface area contributed by atoms with Crippen molar-refractivity contribution in [2.75, 3.05) is 38.3 Å². The smallest absolute Gasteiger partial charge is 0.317 e. The third-order valence-electron chi connectivity index (χ3n) is 5.03. The summed E-state index contributed by atoms with van der Waals surface area (Å²) in [5.74, 6) is -0.794. The molecule has 6 nitrogen and oxygen atoms in total. The molecule has 0 spiro atoms. The molecule has 0 aromatic heterocycles. The SMILES string of the molecule is CSc1ccccc1NC(=O)C(C)N1CCCC(N(C)CC(=O)O)CC1.Cl. The summed E-state index contributed by atoms with van der Waals surface area (Å²) in [6, 6.07) is 7.86. The number of carboxylic acids is 1. The molecule has 0 bridgehead atoms. The summed E-state index contributed by atoms with van der Waals surface area (Å²) in [4.78, 5) is 28.8. The Bertz CT molecular complexity index is 632. The summed E-state index contributed by atoms with van der Waals surface area (Å²) in [5.41, 5.74) is 0.853. The van der Waals surface area contributed by atoms with Crippen LogP contribution in [0.5, 0.6) is 0 Å². The number of halogens is 1. The van der Waals surface area contributed by atoms with Gasteiger partial charge in [-0.2, -0.15) is 0 Å². The van der Waals surface area contributed by atoms with Gasteiger partial charge in [0.05, 0.1) is 18.3 Å². The molecule has 1 aromatic rings. The molecule has 1 fully saturated rings. The normalized spacial score (nSPS) is 19.0. The summed E-state index contributed by atoms with van der Waals surface area (Å²) < 4.78 is 0. The summed E-state index contributed by atoms with van der Waals surface area (Å²) >= 11 is 1.61.